The maximum atomic E-state index is 15.5. The number of nitrogens with two attached hydrogens (primary N) is 1. The third-order valence-corrected chi connectivity index (χ3v) is 8.80. The van der Waals surface area contributed by atoms with Gasteiger partial charge in [-0.05, 0) is 32.9 Å². The second kappa shape index (κ2) is 13.7. The summed E-state index contributed by atoms with van der Waals surface area (Å²) < 4.78 is 29.9. The van der Waals surface area contributed by atoms with Crippen LogP contribution in [0.5, 0.6) is 0 Å². The average molecular weight is 567 g/mol. The van der Waals surface area contributed by atoms with Gasteiger partial charge in [-0.25, -0.2) is 8.78 Å². The lowest BCUT2D eigenvalue weighted by Gasteiger charge is -2.41. The van der Waals surface area contributed by atoms with Crippen LogP contribution in [0.1, 0.15) is 33.6 Å². The maximum Gasteiger partial charge on any atom is 0.232 e. The molecule has 0 radical (unpaired) electrons. The molecule has 4 aliphatic heterocycles. The van der Waals surface area contributed by atoms with E-state index in [0.29, 0.717) is 31.8 Å². The van der Waals surface area contributed by atoms with Gasteiger partial charge >= 0.3 is 0 Å². The number of carbonyl (C=O) groups is 2. The Morgan fingerprint density at radius 2 is 1.88 bits per heavy atom. The van der Waals surface area contributed by atoms with Gasteiger partial charge in [-0.2, -0.15) is 0 Å². The predicted octanol–water partition coefficient (Wildman–Crippen LogP) is 0.110. The van der Waals surface area contributed by atoms with E-state index in [2.05, 4.69) is 32.9 Å². The molecule has 0 aromatic rings. The minimum atomic E-state index is -1.20. The van der Waals surface area contributed by atoms with Crippen molar-refractivity contribution in [2.75, 3.05) is 66.0 Å². The van der Waals surface area contributed by atoms with Crippen molar-refractivity contribution >= 4 is 17.5 Å². The van der Waals surface area contributed by atoms with E-state index in [0.717, 1.165) is 31.9 Å². The van der Waals surface area contributed by atoms with Gasteiger partial charge in [0.25, 0.3) is 0 Å². The Morgan fingerprint density at radius 3 is 2.58 bits per heavy atom. The number of rotatable bonds is 5. The van der Waals surface area contributed by atoms with Crippen molar-refractivity contribution in [1.82, 2.24) is 30.7 Å². The molecule has 7 unspecified atom stereocenters. The fourth-order valence-corrected chi connectivity index (χ4v) is 6.33. The molecule has 10 nitrogen and oxygen atoms in total. The van der Waals surface area contributed by atoms with Crippen molar-refractivity contribution in [3.63, 3.8) is 0 Å². The minimum Gasteiger partial charge on any atom is -0.372 e. The molecule has 0 aliphatic carbocycles. The summed E-state index contributed by atoms with van der Waals surface area (Å²) in [6.07, 6.45) is -0.433. The summed E-state index contributed by atoms with van der Waals surface area (Å²) in [5, 5.41) is 9.37. The number of carbonyl (C=O) groups excluding carboxylic acids is 2. The van der Waals surface area contributed by atoms with E-state index in [4.69, 9.17) is 5.73 Å². The molecular formula is C28H48F2N8O2. The number of hydrogen-bond donors (Lipinski definition) is 4. The summed E-state index contributed by atoms with van der Waals surface area (Å²) in [7, 11) is 2.06. The van der Waals surface area contributed by atoms with Crippen molar-refractivity contribution in [2.24, 2.45) is 28.5 Å². The number of likely N-dealkylation sites (tertiary alicyclic amines) is 1. The highest BCUT2D eigenvalue weighted by Crippen LogP contribution is 2.27. The molecular weight excluding hydrogens is 518 g/mol. The van der Waals surface area contributed by atoms with E-state index in [1.54, 1.807) is 13.0 Å². The van der Waals surface area contributed by atoms with Crippen molar-refractivity contribution in [3.05, 3.63) is 11.8 Å². The zero-order valence-corrected chi connectivity index (χ0v) is 24.4. The molecule has 4 rings (SSSR count). The largest absolute Gasteiger partial charge is 0.372 e. The average Bonchev–Trinajstić information content (AvgIpc) is 3.39. The van der Waals surface area contributed by atoms with Crippen molar-refractivity contribution in [1.29, 1.82) is 0 Å². The summed E-state index contributed by atoms with van der Waals surface area (Å²) in [6, 6.07) is -1.07. The molecule has 12 heteroatoms. The van der Waals surface area contributed by atoms with E-state index in [9.17, 15) is 14.0 Å². The van der Waals surface area contributed by atoms with Crippen LogP contribution in [0.3, 0.4) is 0 Å². The molecule has 2 amide bonds. The van der Waals surface area contributed by atoms with Gasteiger partial charge in [-0.15, -0.1) is 0 Å². The molecule has 7 atom stereocenters. The van der Waals surface area contributed by atoms with Gasteiger partial charge in [0.15, 0.2) is 0 Å². The summed E-state index contributed by atoms with van der Waals surface area (Å²) in [5.41, 5.74) is 7.74. The van der Waals surface area contributed by atoms with E-state index in [-0.39, 0.29) is 43.2 Å². The van der Waals surface area contributed by atoms with Gasteiger partial charge in [0.05, 0.1) is 30.7 Å². The van der Waals surface area contributed by atoms with Gasteiger partial charge in [0.1, 0.15) is 18.3 Å². The van der Waals surface area contributed by atoms with Gasteiger partial charge in [-0.3, -0.25) is 19.5 Å². The first kappa shape index (κ1) is 30.8. The predicted molar refractivity (Wildman–Crippen MR) is 152 cm³/mol. The van der Waals surface area contributed by atoms with Crippen LogP contribution in [0.4, 0.5) is 8.78 Å². The number of alkyl halides is 2. The van der Waals surface area contributed by atoms with Crippen LogP contribution < -0.4 is 21.7 Å². The van der Waals surface area contributed by atoms with Crippen LogP contribution in [0, 0.1) is 17.8 Å². The van der Waals surface area contributed by atoms with Crippen molar-refractivity contribution < 1.29 is 18.4 Å². The number of piperazine rings is 1. The number of likely N-dealkylation sites (N-methyl/N-ethyl adjacent to an activating group) is 1. The first-order valence-electron chi connectivity index (χ1n) is 14.8. The van der Waals surface area contributed by atoms with E-state index < -0.39 is 36.5 Å². The van der Waals surface area contributed by atoms with Crippen LogP contribution in [0.2, 0.25) is 0 Å². The zero-order valence-electron chi connectivity index (χ0n) is 24.4. The summed E-state index contributed by atoms with van der Waals surface area (Å²) >= 11 is 0. The fourth-order valence-electron chi connectivity index (χ4n) is 6.33. The number of halogens is 2. The Bertz CT molecular complexity index is 955. The number of amides is 2. The highest BCUT2D eigenvalue weighted by molar-refractivity contribution is 6.04. The van der Waals surface area contributed by atoms with E-state index in [1.807, 2.05) is 23.6 Å². The lowest BCUT2D eigenvalue weighted by atomic mass is 9.93. The Labute approximate surface area is 237 Å². The Balaban J connectivity index is 1.45. The highest BCUT2D eigenvalue weighted by Gasteiger charge is 2.44. The standard InChI is InChI=1S/C28H48F2N8O2/c1-17(2)22-6-5-20(29)13-33-18(3)24(26(31)34-22)27(39)35-23-15-32-14-21(30)25(23)38-8-7-19(16-38)28(40)37-11-9-36(4)10-12-37/h6,17,19-21,23-26,32,34H,5,7-16,31H2,1-4H3,(H,35,39)/b22-6-,33-18?. The van der Waals surface area contributed by atoms with Gasteiger partial charge in [0.2, 0.25) is 11.8 Å². The van der Waals surface area contributed by atoms with Gasteiger partial charge < -0.3 is 31.5 Å². The number of piperidine rings is 1. The maximum absolute atomic E-state index is 15.5. The quantitative estimate of drug-likeness (QED) is 0.373. The number of hydrogen-bond acceptors (Lipinski definition) is 8. The Kier molecular flexibility index (Phi) is 10.5. The zero-order chi connectivity index (χ0) is 29.0. The molecule has 40 heavy (non-hydrogen) atoms. The van der Waals surface area contributed by atoms with Crippen LogP contribution in [0.25, 0.3) is 0 Å². The monoisotopic (exact) mass is 566 g/mol. The summed E-state index contributed by atoms with van der Waals surface area (Å²) in [4.78, 5) is 37.5. The minimum absolute atomic E-state index is 0.0408. The molecule has 0 aromatic heterocycles. The summed E-state index contributed by atoms with van der Waals surface area (Å²) in [6.45, 7) is 10.5. The highest BCUT2D eigenvalue weighted by atomic mass is 19.1. The fraction of sp³-hybridized carbons (Fsp3) is 0.821. The number of nitrogens with zero attached hydrogens (tertiary/aromatic N) is 4. The molecule has 0 bridgehead atoms. The van der Waals surface area contributed by atoms with E-state index in [1.165, 1.54) is 0 Å². The van der Waals surface area contributed by atoms with Crippen LogP contribution in [0.15, 0.2) is 16.8 Å². The molecule has 4 aliphatic rings. The molecule has 5 N–H and O–H groups in total. The normalized spacial score (nSPS) is 36.4. The molecule has 0 saturated carbocycles. The van der Waals surface area contributed by atoms with E-state index >= 15 is 4.39 Å². The first-order chi connectivity index (χ1) is 19.0. The summed E-state index contributed by atoms with van der Waals surface area (Å²) in [5.74, 6) is -1.16. The lowest BCUT2D eigenvalue weighted by molar-refractivity contribution is -0.137. The molecule has 0 aromatic carbocycles. The first-order valence-corrected chi connectivity index (χ1v) is 14.8. The Hall–Kier alpha value is -2.15. The number of nitrogens with one attached hydrogen (secondary N) is 3. The third kappa shape index (κ3) is 7.37. The van der Waals surface area contributed by atoms with Crippen LogP contribution >= 0.6 is 0 Å². The number of allylic oxidation sites excluding steroid dienone is 2. The smallest absolute Gasteiger partial charge is 0.232 e. The van der Waals surface area contributed by atoms with Gasteiger partial charge in [0, 0.05) is 63.6 Å². The van der Waals surface area contributed by atoms with Crippen molar-refractivity contribution in [2.45, 2.75) is 64.2 Å². The molecule has 4 heterocycles. The topological polar surface area (TPSA) is 118 Å². The second-order valence-corrected chi connectivity index (χ2v) is 12.2. The lowest BCUT2D eigenvalue weighted by Crippen LogP contribution is -2.66. The molecule has 3 saturated heterocycles. The number of aliphatic imine (C=N–C) groups is 1. The van der Waals surface area contributed by atoms with Crippen LogP contribution in [-0.4, -0.2) is 129 Å². The van der Waals surface area contributed by atoms with Crippen molar-refractivity contribution in [3.8, 4) is 0 Å². The van der Waals surface area contributed by atoms with Crippen LogP contribution in [-0.2, 0) is 9.59 Å². The Morgan fingerprint density at radius 1 is 1.15 bits per heavy atom. The second-order valence-electron chi connectivity index (χ2n) is 12.2. The molecule has 3 fully saturated rings. The SMILES string of the molecule is CC1=NCC(F)C/C=C(/C(C)C)NC(N)C1C(=O)NC1CNCC(F)C1N1CCC(C(=O)N2CCN(C)CC2)C1. The third-order valence-electron chi connectivity index (χ3n) is 8.80. The molecule has 0 spiro atoms. The van der Waals surface area contributed by atoms with Gasteiger partial charge in [-0.1, -0.05) is 19.9 Å². The molecule has 226 valence electrons.